The summed E-state index contributed by atoms with van der Waals surface area (Å²) in [5.41, 5.74) is -3.30. The molecule has 0 aromatic heterocycles. The molecule has 5 rings (SSSR count). The average Bonchev–Trinajstić information content (AvgIpc) is 3.21. The van der Waals surface area contributed by atoms with Gasteiger partial charge in [-0.1, -0.05) is 6.92 Å². The number of hydrogen-bond acceptors (Lipinski definition) is 6. The lowest BCUT2D eigenvalue weighted by Crippen LogP contribution is -2.70. The average molecular weight is 421 g/mol. The molecule has 166 valence electrons. The van der Waals surface area contributed by atoms with E-state index in [1.165, 1.54) is 0 Å². The number of aliphatic hydroxyl groups excluding tert-OH is 1. The molecule has 8 atom stereocenters. The van der Waals surface area contributed by atoms with E-state index in [9.17, 15) is 30.0 Å². The van der Waals surface area contributed by atoms with Crippen molar-refractivity contribution in [1.82, 2.24) is 0 Å². The minimum Gasteiger partial charge on any atom is -0.481 e. The molecule has 0 bridgehead atoms. The second-order valence-electron chi connectivity index (χ2n) is 10.8. The molecule has 0 spiro atoms. The highest BCUT2D eigenvalue weighted by atomic mass is 16.5. The monoisotopic (exact) mass is 420 g/mol. The number of carboxylic acids is 1. The van der Waals surface area contributed by atoms with Crippen LogP contribution in [0.15, 0.2) is 11.6 Å². The van der Waals surface area contributed by atoms with Crippen molar-refractivity contribution in [1.29, 1.82) is 0 Å². The van der Waals surface area contributed by atoms with Gasteiger partial charge >= 0.3 is 11.9 Å². The van der Waals surface area contributed by atoms with Crippen LogP contribution in [-0.4, -0.2) is 56.3 Å². The Balaban J connectivity index is 1.54. The summed E-state index contributed by atoms with van der Waals surface area (Å²) in [5, 5.41) is 44.1. The Kier molecular flexibility index (Phi) is 4.30. The highest BCUT2D eigenvalue weighted by Crippen LogP contribution is 2.70. The lowest BCUT2D eigenvalue weighted by molar-refractivity contribution is -0.260. The topological polar surface area (TPSA) is 124 Å². The van der Waals surface area contributed by atoms with E-state index in [0.29, 0.717) is 32.1 Å². The van der Waals surface area contributed by atoms with Crippen LogP contribution in [0.25, 0.3) is 0 Å². The van der Waals surface area contributed by atoms with Gasteiger partial charge in [0.2, 0.25) is 0 Å². The molecular weight excluding hydrogens is 388 g/mol. The summed E-state index contributed by atoms with van der Waals surface area (Å²) < 4.78 is 5.14. The van der Waals surface area contributed by atoms with Crippen LogP contribution in [0.5, 0.6) is 0 Å². The fourth-order valence-electron chi connectivity index (χ4n) is 8.49. The van der Waals surface area contributed by atoms with E-state index in [4.69, 9.17) is 4.74 Å². The predicted molar refractivity (Wildman–Crippen MR) is 105 cm³/mol. The summed E-state index contributed by atoms with van der Waals surface area (Å²) in [6, 6.07) is 0. The van der Waals surface area contributed by atoms with Gasteiger partial charge in [0.25, 0.3) is 0 Å². The number of aliphatic carboxylic acids is 1. The molecule has 0 aromatic carbocycles. The predicted octanol–water partition coefficient (Wildman–Crippen LogP) is 1.78. The first kappa shape index (κ1) is 20.5. The van der Waals surface area contributed by atoms with Gasteiger partial charge in [-0.2, -0.15) is 0 Å². The Labute approximate surface area is 176 Å². The third-order valence-electron chi connectivity index (χ3n) is 9.94. The fourth-order valence-corrected chi connectivity index (χ4v) is 8.49. The molecule has 7 heteroatoms. The lowest BCUT2D eigenvalue weighted by Gasteiger charge is -2.65. The number of aliphatic hydroxyl groups is 3. The molecule has 0 aromatic rings. The molecule has 4 aliphatic carbocycles. The summed E-state index contributed by atoms with van der Waals surface area (Å²) in [4.78, 5) is 24.3. The second-order valence-corrected chi connectivity index (χ2v) is 10.8. The van der Waals surface area contributed by atoms with Crippen molar-refractivity contribution in [3.8, 4) is 0 Å². The van der Waals surface area contributed by atoms with Gasteiger partial charge < -0.3 is 25.2 Å². The zero-order valence-corrected chi connectivity index (χ0v) is 17.5. The van der Waals surface area contributed by atoms with Crippen LogP contribution in [0.3, 0.4) is 0 Å². The van der Waals surface area contributed by atoms with Crippen LogP contribution < -0.4 is 0 Å². The van der Waals surface area contributed by atoms with Crippen LogP contribution in [0.1, 0.15) is 64.7 Å². The van der Waals surface area contributed by atoms with Gasteiger partial charge in [0, 0.05) is 17.9 Å². The molecule has 4 saturated carbocycles. The van der Waals surface area contributed by atoms with Crippen molar-refractivity contribution >= 4 is 11.9 Å². The molecule has 4 fully saturated rings. The quantitative estimate of drug-likeness (QED) is 0.502. The number of fused-ring (bicyclic) bond motifs is 5. The van der Waals surface area contributed by atoms with E-state index in [2.05, 4.69) is 6.92 Å². The molecule has 30 heavy (non-hydrogen) atoms. The number of ether oxygens (including phenoxy) is 1. The van der Waals surface area contributed by atoms with Crippen LogP contribution in [0.4, 0.5) is 0 Å². The zero-order valence-electron chi connectivity index (χ0n) is 17.5. The number of rotatable bonds is 2. The number of hydrogen-bond donors (Lipinski definition) is 4. The maximum absolute atomic E-state index is 12.7. The third-order valence-corrected chi connectivity index (χ3v) is 9.94. The van der Waals surface area contributed by atoms with Crippen molar-refractivity contribution in [3.63, 3.8) is 0 Å². The number of esters is 1. The third kappa shape index (κ3) is 2.32. The van der Waals surface area contributed by atoms with Crippen LogP contribution in [0.2, 0.25) is 0 Å². The molecule has 1 heterocycles. The largest absolute Gasteiger partial charge is 0.481 e. The Hall–Kier alpha value is -1.44. The van der Waals surface area contributed by atoms with E-state index in [0.717, 1.165) is 12.0 Å². The Morgan fingerprint density at radius 1 is 1.07 bits per heavy atom. The molecule has 0 saturated heterocycles. The lowest BCUT2D eigenvalue weighted by atomic mass is 9.41. The first-order valence-electron chi connectivity index (χ1n) is 11.3. The number of carbonyl (C=O) groups excluding carboxylic acids is 1. The molecule has 1 aliphatic heterocycles. The molecule has 0 radical (unpaired) electrons. The summed E-state index contributed by atoms with van der Waals surface area (Å²) in [5.74, 6) is -1.82. The summed E-state index contributed by atoms with van der Waals surface area (Å²) in [7, 11) is 0. The van der Waals surface area contributed by atoms with Gasteiger partial charge in [0.15, 0.2) is 0 Å². The number of carbonyl (C=O) groups is 2. The summed E-state index contributed by atoms with van der Waals surface area (Å²) in [6.07, 6.45) is 5.00. The Morgan fingerprint density at radius 2 is 1.80 bits per heavy atom. The van der Waals surface area contributed by atoms with E-state index < -0.39 is 34.1 Å². The van der Waals surface area contributed by atoms with Gasteiger partial charge in [0.1, 0.15) is 6.61 Å². The molecular formula is C23H32O7. The van der Waals surface area contributed by atoms with E-state index in [1.807, 2.05) is 0 Å². The Morgan fingerprint density at radius 3 is 2.47 bits per heavy atom. The normalized spacial score (nSPS) is 52.7. The van der Waals surface area contributed by atoms with Gasteiger partial charge in [-0.15, -0.1) is 0 Å². The van der Waals surface area contributed by atoms with Crippen molar-refractivity contribution in [2.24, 2.45) is 28.6 Å². The van der Waals surface area contributed by atoms with Crippen LogP contribution in [-0.2, 0) is 14.3 Å². The minimum absolute atomic E-state index is 0.0460. The van der Waals surface area contributed by atoms with Crippen LogP contribution in [0, 0.1) is 28.6 Å². The van der Waals surface area contributed by atoms with Crippen molar-refractivity contribution in [2.75, 3.05) is 6.61 Å². The Bertz CT molecular complexity index is 822. The maximum atomic E-state index is 12.7. The first-order chi connectivity index (χ1) is 14.1. The maximum Gasteiger partial charge on any atom is 0.331 e. The zero-order chi connectivity index (χ0) is 21.5. The van der Waals surface area contributed by atoms with Crippen molar-refractivity contribution in [2.45, 2.75) is 82.0 Å². The molecule has 0 amide bonds. The van der Waals surface area contributed by atoms with Gasteiger partial charge in [-0.25, -0.2) is 4.79 Å². The SMILES string of the molecule is C[C@]12CC[C@H]3[C@@H](CC[C@@]4(O)C[C@@H](O)CC[C@]34C(=O)O)[C@]1(O)CC[C@H]2C1=CC(=O)OC1. The second kappa shape index (κ2) is 6.30. The van der Waals surface area contributed by atoms with E-state index >= 15 is 0 Å². The molecule has 0 unspecified atom stereocenters. The van der Waals surface area contributed by atoms with Crippen molar-refractivity contribution < 1.29 is 34.8 Å². The van der Waals surface area contributed by atoms with E-state index in [1.54, 1.807) is 6.08 Å². The highest BCUT2D eigenvalue weighted by Gasteiger charge is 2.73. The minimum atomic E-state index is -1.44. The first-order valence-corrected chi connectivity index (χ1v) is 11.3. The fraction of sp³-hybridized carbons (Fsp3) is 0.826. The number of carboxylic acid groups (broad SMARTS) is 1. The van der Waals surface area contributed by atoms with Gasteiger partial charge in [-0.3, -0.25) is 4.79 Å². The van der Waals surface area contributed by atoms with E-state index in [-0.39, 0.29) is 49.6 Å². The van der Waals surface area contributed by atoms with Gasteiger partial charge in [-0.05, 0) is 74.7 Å². The molecule has 7 nitrogen and oxygen atoms in total. The summed E-state index contributed by atoms with van der Waals surface area (Å²) >= 11 is 0. The van der Waals surface area contributed by atoms with Crippen molar-refractivity contribution in [3.05, 3.63) is 11.6 Å². The smallest absolute Gasteiger partial charge is 0.331 e. The van der Waals surface area contributed by atoms with Crippen LogP contribution >= 0.6 is 0 Å². The number of cyclic esters (lactones) is 1. The highest BCUT2D eigenvalue weighted by molar-refractivity contribution is 5.85. The van der Waals surface area contributed by atoms with Gasteiger partial charge in [0.05, 0.1) is 22.7 Å². The standard InChI is InChI=1S/C23H32O7/c1-20-6-3-16-17(23(20,29)9-5-15(20)13-10-18(25)30-12-13)4-7-21(28)11-14(24)2-8-22(16,21)19(26)27/h10,14-17,24,28-29H,2-9,11-12H2,1H3,(H,26,27)/t14-,15-,16-,17+,20+,21+,22+,23+/m0/s1. The summed E-state index contributed by atoms with van der Waals surface area (Å²) in [6.45, 7) is 2.36. The molecule has 5 aliphatic rings. The molecule has 4 N–H and O–H groups in total.